The van der Waals surface area contributed by atoms with Crippen LogP contribution in [0.4, 0.5) is 0 Å². The van der Waals surface area contributed by atoms with Crippen LogP contribution in [0.1, 0.15) is 30.4 Å². The number of aromatic nitrogens is 3. The third-order valence-corrected chi connectivity index (χ3v) is 2.63. The van der Waals surface area contributed by atoms with E-state index in [1.54, 1.807) is 10.7 Å². The molecule has 0 atom stereocenters. The van der Waals surface area contributed by atoms with Crippen LogP contribution >= 0.6 is 11.6 Å². The average Bonchev–Trinajstić information content (AvgIpc) is 2.66. The number of ether oxygens (including phenoxy) is 1. The van der Waals surface area contributed by atoms with Crippen molar-refractivity contribution in [3.05, 3.63) is 23.1 Å². The van der Waals surface area contributed by atoms with Gasteiger partial charge < -0.3 is 4.74 Å². The molecule has 2 heterocycles. The Morgan fingerprint density at radius 1 is 1.53 bits per heavy atom. The van der Waals surface area contributed by atoms with Crippen molar-refractivity contribution < 1.29 is 9.53 Å². The van der Waals surface area contributed by atoms with E-state index in [1.807, 2.05) is 13.8 Å². The van der Waals surface area contributed by atoms with Crippen LogP contribution in [0.25, 0.3) is 10.9 Å². The SMILES string of the molecule is COC(=O)c1nn(C(C)C)c2cc(Cl)ncc12. The molecule has 0 amide bonds. The molecule has 0 radical (unpaired) electrons. The van der Waals surface area contributed by atoms with Gasteiger partial charge in [0.1, 0.15) is 5.15 Å². The lowest BCUT2D eigenvalue weighted by Gasteiger charge is -2.06. The van der Waals surface area contributed by atoms with E-state index < -0.39 is 5.97 Å². The molecule has 0 aliphatic heterocycles. The molecule has 2 rings (SSSR count). The molecule has 0 bridgehead atoms. The fourth-order valence-electron chi connectivity index (χ4n) is 1.65. The fourth-order valence-corrected chi connectivity index (χ4v) is 1.80. The zero-order valence-electron chi connectivity index (χ0n) is 9.77. The maximum atomic E-state index is 11.6. The Bertz CT molecular complexity index is 577. The first kappa shape index (κ1) is 11.9. The van der Waals surface area contributed by atoms with Gasteiger partial charge in [0, 0.05) is 18.3 Å². The molecule has 6 heteroatoms. The Hall–Kier alpha value is -1.62. The quantitative estimate of drug-likeness (QED) is 0.609. The molecule has 0 aromatic carbocycles. The number of rotatable bonds is 2. The number of fused-ring (bicyclic) bond motifs is 1. The minimum absolute atomic E-state index is 0.120. The summed E-state index contributed by atoms with van der Waals surface area (Å²) in [6, 6.07) is 1.81. The standard InChI is InChI=1S/C11H12ClN3O2/c1-6(2)15-8-4-9(12)13-5-7(8)10(14-15)11(16)17-3/h4-6H,1-3H3. The summed E-state index contributed by atoms with van der Waals surface area (Å²) in [7, 11) is 1.33. The molecule has 0 unspecified atom stereocenters. The van der Waals surface area contributed by atoms with Crippen LogP contribution in [-0.2, 0) is 4.74 Å². The Labute approximate surface area is 103 Å². The lowest BCUT2D eigenvalue weighted by Crippen LogP contribution is -2.06. The first-order chi connectivity index (χ1) is 8.04. The number of methoxy groups -OCH3 is 1. The summed E-state index contributed by atoms with van der Waals surface area (Å²) in [5.41, 5.74) is 1.04. The van der Waals surface area contributed by atoms with E-state index in [-0.39, 0.29) is 11.7 Å². The molecule has 0 aliphatic carbocycles. The average molecular weight is 254 g/mol. The number of esters is 1. The minimum atomic E-state index is -0.474. The summed E-state index contributed by atoms with van der Waals surface area (Å²) in [4.78, 5) is 15.6. The van der Waals surface area contributed by atoms with Crippen LogP contribution in [0.5, 0.6) is 0 Å². The van der Waals surface area contributed by atoms with Crippen LogP contribution in [0.2, 0.25) is 5.15 Å². The Kier molecular flexibility index (Phi) is 3.02. The normalized spacial score (nSPS) is 11.1. The van der Waals surface area contributed by atoms with Crippen molar-refractivity contribution in [2.24, 2.45) is 0 Å². The maximum Gasteiger partial charge on any atom is 0.359 e. The van der Waals surface area contributed by atoms with Crippen LogP contribution in [0, 0.1) is 0 Å². The fraction of sp³-hybridized carbons (Fsp3) is 0.364. The maximum absolute atomic E-state index is 11.6. The van der Waals surface area contributed by atoms with Gasteiger partial charge in [-0.2, -0.15) is 5.10 Å². The number of hydrogen-bond acceptors (Lipinski definition) is 4. The first-order valence-electron chi connectivity index (χ1n) is 5.16. The summed E-state index contributed by atoms with van der Waals surface area (Å²) in [6.45, 7) is 3.95. The van der Waals surface area contributed by atoms with E-state index in [4.69, 9.17) is 16.3 Å². The van der Waals surface area contributed by atoms with Gasteiger partial charge in [0.25, 0.3) is 0 Å². The van der Waals surface area contributed by atoms with Gasteiger partial charge in [-0.1, -0.05) is 11.6 Å². The summed E-state index contributed by atoms with van der Waals surface area (Å²) in [5, 5.41) is 5.26. The molecule has 17 heavy (non-hydrogen) atoms. The number of pyridine rings is 1. The molecule has 5 nitrogen and oxygen atoms in total. The number of carbonyl (C=O) groups excluding carboxylic acids is 1. The lowest BCUT2D eigenvalue weighted by molar-refractivity contribution is 0.0595. The zero-order valence-corrected chi connectivity index (χ0v) is 10.5. The molecule has 0 fully saturated rings. The van der Waals surface area contributed by atoms with E-state index in [1.165, 1.54) is 13.3 Å². The van der Waals surface area contributed by atoms with Crippen molar-refractivity contribution in [1.82, 2.24) is 14.8 Å². The molecule has 0 saturated carbocycles. The highest BCUT2D eigenvalue weighted by Crippen LogP contribution is 2.23. The summed E-state index contributed by atoms with van der Waals surface area (Å²) >= 11 is 5.85. The molecule has 2 aromatic rings. The van der Waals surface area contributed by atoms with Crippen molar-refractivity contribution in [3.8, 4) is 0 Å². The van der Waals surface area contributed by atoms with Gasteiger partial charge in [-0.25, -0.2) is 9.78 Å². The van der Waals surface area contributed by atoms with Crippen LogP contribution in [0.15, 0.2) is 12.3 Å². The molecule has 0 spiro atoms. The van der Waals surface area contributed by atoms with Gasteiger partial charge in [0.15, 0.2) is 5.69 Å². The molecule has 0 aliphatic rings. The topological polar surface area (TPSA) is 57.0 Å². The molecule has 2 aromatic heterocycles. The second kappa shape index (κ2) is 4.33. The number of carbonyl (C=O) groups is 1. The van der Waals surface area contributed by atoms with Gasteiger partial charge in [0.2, 0.25) is 0 Å². The van der Waals surface area contributed by atoms with E-state index in [9.17, 15) is 4.79 Å². The van der Waals surface area contributed by atoms with Crippen molar-refractivity contribution in [3.63, 3.8) is 0 Å². The van der Waals surface area contributed by atoms with Crippen LogP contribution in [-0.4, -0.2) is 27.8 Å². The lowest BCUT2D eigenvalue weighted by atomic mass is 10.2. The minimum Gasteiger partial charge on any atom is -0.464 e. The summed E-state index contributed by atoms with van der Waals surface area (Å²) in [5.74, 6) is -0.474. The number of hydrogen-bond donors (Lipinski definition) is 0. The van der Waals surface area contributed by atoms with E-state index >= 15 is 0 Å². The third-order valence-electron chi connectivity index (χ3n) is 2.43. The molecule has 0 saturated heterocycles. The van der Waals surface area contributed by atoms with E-state index in [0.717, 1.165) is 5.52 Å². The predicted molar refractivity (Wildman–Crippen MR) is 64.3 cm³/mol. The Morgan fingerprint density at radius 2 is 2.24 bits per heavy atom. The third kappa shape index (κ3) is 1.98. The number of nitrogens with zero attached hydrogens (tertiary/aromatic N) is 3. The Morgan fingerprint density at radius 3 is 2.82 bits per heavy atom. The van der Waals surface area contributed by atoms with Gasteiger partial charge in [-0.3, -0.25) is 4.68 Å². The van der Waals surface area contributed by atoms with Crippen LogP contribution < -0.4 is 0 Å². The van der Waals surface area contributed by atoms with E-state index in [0.29, 0.717) is 10.5 Å². The second-order valence-electron chi connectivity index (χ2n) is 3.90. The van der Waals surface area contributed by atoms with Gasteiger partial charge in [0.05, 0.1) is 18.0 Å². The smallest absolute Gasteiger partial charge is 0.359 e. The van der Waals surface area contributed by atoms with Gasteiger partial charge in [-0.15, -0.1) is 0 Å². The van der Waals surface area contributed by atoms with Crippen molar-refractivity contribution in [2.75, 3.05) is 7.11 Å². The molecule has 90 valence electrons. The second-order valence-corrected chi connectivity index (χ2v) is 4.29. The summed E-state index contributed by atoms with van der Waals surface area (Å²) < 4.78 is 6.42. The largest absolute Gasteiger partial charge is 0.464 e. The summed E-state index contributed by atoms with van der Waals surface area (Å²) in [6.07, 6.45) is 1.54. The number of halogens is 1. The highest BCUT2D eigenvalue weighted by Gasteiger charge is 2.19. The Balaban J connectivity index is 2.75. The highest BCUT2D eigenvalue weighted by molar-refractivity contribution is 6.30. The molecular formula is C11H12ClN3O2. The molecule has 0 N–H and O–H groups in total. The van der Waals surface area contributed by atoms with Gasteiger partial charge >= 0.3 is 5.97 Å². The van der Waals surface area contributed by atoms with Gasteiger partial charge in [-0.05, 0) is 13.8 Å². The van der Waals surface area contributed by atoms with Crippen molar-refractivity contribution >= 4 is 28.5 Å². The monoisotopic (exact) mass is 253 g/mol. The van der Waals surface area contributed by atoms with Crippen LogP contribution in [0.3, 0.4) is 0 Å². The van der Waals surface area contributed by atoms with Crippen molar-refractivity contribution in [1.29, 1.82) is 0 Å². The first-order valence-corrected chi connectivity index (χ1v) is 5.54. The predicted octanol–water partition coefficient (Wildman–Crippen LogP) is 2.45. The van der Waals surface area contributed by atoms with E-state index in [2.05, 4.69) is 10.1 Å². The highest BCUT2D eigenvalue weighted by atomic mass is 35.5. The molecular weight excluding hydrogens is 242 g/mol. The van der Waals surface area contributed by atoms with Crippen molar-refractivity contribution in [2.45, 2.75) is 19.9 Å². The zero-order chi connectivity index (χ0) is 12.6.